The molecule has 0 fully saturated rings. The van der Waals surface area contributed by atoms with Crippen LogP contribution in [-0.2, 0) is 11.2 Å². The lowest BCUT2D eigenvalue weighted by Crippen LogP contribution is -2.26. The highest BCUT2D eigenvalue weighted by atomic mass is 79.9. The van der Waals surface area contributed by atoms with E-state index in [9.17, 15) is 9.59 Å². The molecule has 0 atom stereocenters. The van der Waals surface area contributed by atoms with Crippen molar-refractivity contribution in [2.75, 3.05) is 11.4 Å². The van der Waals surface area contributed by atoms with E-state index in [0.717, 1.165) is 35.0 Å². The number of hydrogen-bond acceptors (Lipinski definition) is 2. The highest BCUT2D eigenvalue weighted by Crippen LogP contribution is 2.35. The van der Waals surface area contributed by atoms with Gasteiger partial charge in [-0.05, 0) is 37.0 Å². The molecule has 0 aromatic heterocycles. The minimum atomic E-state index is 0.0343. The summed E-state index contributed by atoms with van der Waals surface area (Å²) in [5, 5.41) is 0. The van der Waals surface area contributed by atoms with Crippen molar-refractivity contribution < 1.29 is 9.59 Å². The lowest BCUT2D eigenvalue weighted by molar-refractivity contribution is -0.116. The molecular weight excluding hydrogens is 318 g/mol. The zero-order valence-electron chi connectivity index (χ0n) is 12.2. The zero-order chi connectivity index (χ0) is 14.9. The second kappa shape index (κ2) is 6.08. The molecule has 4 heteroatoms. The van der Waals surface area contributed by atoms with Gasteiger partial charge in [0.1, 0.15) is 0 Å². The summed E-state index contributed by atoms with van der Waals surface area (Å²) in [6, 6.07) is 3.88. The Bertz CT molecular complexity index is 550. The zero-order valence-corrected chi connectivity index (χ0v) is 13.8. The molecule has 1 aliphatic heterocycles. The average molecular weight is 338 g/mol. The average Bonchev–Trinajstić information content (AvgIpc) is 2.81. The Balaban J connectivity index is 2.44. The monoisotopic (exact) mass is 337 g/mol. The van der Waals surface area contributed by atoms with Gasteiger partial charge >= 0.3 is 0 Å². The summed E-state index contributed by atoms with van der Waals surface area (Å²) in [4.78, 5) is 26.0. The third-order valence-electron chi connectivity index (χ3n) is 4.07. The third-order valence-corrected chi connectivity index (χ3v) is 4.72. The Morgan fingerprint density at radius 1 is 1.30 bits per heavy atom. The molecule has 1 aromatic carbocycles. The van der Waals surface area contributed by atoms with E-state index in [-0.39, 0.29) is 17.6 Å². The van der Waals surface area contributed by atoms with E-state index in [1.807, 2.05) is 26.0 Å². The predicted molar refractivity (Wildman–Crippen MR) is 84.3 cm³/mol. The number of Topliss-reactive ketones (excluding diaryl/α,β-unsaturated/α-hetero) is 1. The van der Waals surface area contributed by atoms with Crippen LogP contribution < -0.4 is 4.90 Å². The topological polar surface area (TPSA) is 37.4 Å². The molecule has 108 valence electrons. The van der Waals surface area contributed by atoms with Crippen LogP contribution in [0.3, 0.4) is 0 Å². The molecule has 0 radical (unpaired) electrons. The van der Waals surface area contributed by atoms with Gasteiger partial charge in [-0.25, -0.2) is 0 Å². The molecule has 1 amide bonds. The molecule has 20 heavy (non-hydrogen) atoms. The van der Waals surface area contributed by atoms with Gasteiger partial charge in [-0.15, -0.1) is 0 Å². The maximum atomic E-state index is 12.6. The van der Waals surface area contributed by atoms with E-state index in [1.54, 1.807) is 11.8 Å². The van der Waals surface area contributed by atoms with E-state index in [0.29, 0.717) is 12.1 Å². The summed E-state index contributed by atoms with van der Waals surface area (Å²) in [5.41, 5.74) is 2.73. The number of halogens is 1. The summed E-state index contributed by atoms with van der Waals surface area (Å²) in [6.45, 7) is 6.35. The molecule has 2 rings (SSSR count). The molecule has 0 N–H and O–H groups in total. The number of ketones is 1. The summed E-state index contributed by atoms with van der Waals surface area (Å²) in [5.74, 6) is 0.253. The molecule has 0 unspecified atom stereocenters. The van der Waals surface area contributed by atoms with Crippen LogP contribution in [0.15, 0.2) is 16.6 Å². The van der Waals surface area contributed by atoms with Gasteiger partial charge in [-0.3, -0.25) is 9.59 Å². The number of carbonyl (C=O) groups is 2. The Morgan fingerprint density at radius 2 is 1.95 bits per heavy atom. The maximum absolute atomic E-state index is 12.6. The molecule has 0 aliphatic carbocycles. The number of carbonyl (C=O) groups excluding carboxylic acids is 2. The number of nitrogens with zero attached hydrogens (tertiary/aromatic N) is 1. The number of amides is 1. The molecule has 1 aliphatic rings. The third kappa shape index (κ3) is 2.66. The molecule has 0 saturated heterocycles. The SMILES string of the molecule is CCC(CC)C(=O)c1cc2c(cc1Br)CCN2C(C)=O. The predicted octanol–water partition coefficient (Wildman–Crippen LogP) is 3.98. The van der Waals surface area contributed by atoms with Gasteiger partial charge in [0, 0.05) is 35.1 Å². The summed E-state index contributed by atoms with van der Waals surface area (Å²) < 4.78 is 0.846. The van der Waals surface area contributed by atoms with Crippen molar-refractivity contribution >= 4 is 33.3 Å². The van der Waals surface area contributed by atoms with Crippen molar-refractivity contribution in [1.82, 2.24) is 0 Å². The van der Waals surface area contributed by atoms with Gasteiger partial charge in [0.05, 0.1) is 0 Å². The number of rotatable bonds is 4. The standard InChI is InChI=1S/C16H20BrNO2/c1-4-11(5-2)16(20)13-9-15-12(8-14(13)17)6-7-18(15)10(3)19/h8-9,11H,4-7H2,1-3H3. The van der Waals surface area contributed by atoms with Crippen LogP contribution in [0.1, 0.15) is 49.5 Å². The Hall–Kier alpha value is -1.16. The van der Waals surface area contributed by atoms with Crippen molar-refractivity contribution in [2.45, 2.75) is 40.0 Å². The van der Waals surface area contributed by atoms with Gasteiger partial charge < -0.3 is 4.90 Å². The van der Waals surface area contributed by atoms with Gasteiger partial charge in [-0.2, -0.15) is 0 Å². The van der Waals surface area contributed by atoms with Crippen molar-refractivity contribution in [3.63, 3.8) is 0 Å². The van der Waals surface area contributed by atoms with E-state index in [4.69, 9.17) is 0 Å². The van der Waals surface area contributed by atoms with Crippen LogP contribution in [0.4, 0.5) is 5.69 Å². The number of hydrogen-bond donors (Lipinski definition) is 0. The van der Waals surface area contributed by atoms with Gasteiger partial charge in [0.15, 0.2) is 5.78 Å². The molecule has 1 heterocycles. The second-order valence-corrected chi connectivity index (χ2v) is 6.11. The molecule has 1 aromatic rings. The van der Waals surface area contributed by atoms with E-state index < -0.39 is 0 Å². The Labute approximate surface area is 128 Å². The van der Waals surface area contributed by atoms with E-state index in [1.165, 1.54) is 0 Å². The lowest BCUT2D eigenvalue weighted by Gasteiger charge is -2.18. The number of anilines is 1. The van der Waals surface area contributed by atoms with Crippen LogP contribution in [0.25, 0.3) is 0 Å². The molecule has 0 spiro atoms. The quantitative estimate of drug-likeness (QED) is 0.779. The van der Waals surface area contributed by atoms with Crippen LogP contribution >= 0.6 is 15.9 Å². The molecule has 0 saturated carbocycles. The first-order valence-electron chi connectivity index (χ1n) is 7.14. The normalized spacial score (nSPS) is 13.8. The largest absolute Gasteiger partial charge is 0.312 e. The van der Waals surface area contributed by atoms with Crippen LogP contribution in [0, 0.1) is 5.92 Å². The van der Waals surface area contributed by atoms with Crippen molar-refractivity contribution in [3.8, 4) is 0 Å². The lowest BCUT2D eigenvalue weighted by atomic mass is 9.92. The van der Waals surface area contributed by atoms with Crippen molar-refractivity contribution in [3.05, 3.63) is 27.7 Å². The van der Waals surface area contributed by atoms with Gasteiger partial charge in [-0.1, -0.05) is 29.8 Å². The van der Waals surface area contributed by atoms with Crippen LogP contribution in [0.5, 0.6) is 0 Å². The fourth-order valence-corrected chi connectivity index (χ4v) is 3.39. The minimum absolute atomic E-state index is 0.0343. The first kappa shape index (κ1) is 15.2. The summed E-state index contributed by atoms with van der Waals surface area (Å²) in [6.07, 6.45) is 2.54. The Kier molecular flexibility index (Phi) is 4.63. The van der Waals surface area contributed by atoms with Crippen LogP contribution in [-0.4, -0.2) is 18.2 Å². The highest BCUT2D eigenvalue weighted by molar-refractivity contribution is 9.10. The molecule has 3 nitrogen and oxygen atoms in total. The van der Waals surface area contributed by atoms with Gasteiger partial charge in [0.2, 0.25) is 5.91 Å². The minimum Gasteiger partial charge on any atom is -0.312 e. The number of benzene rings is 1. The second-order valence-electron chi connectivity index (χ2n) is 5.26. The fraction of sp³-hybridized carbons (Fsp3) is 0.500. The van der Waals surface area contributed by atoms with E-state index in [2.05, 4.69) is 15.9 Å². The highest BCUT2D eigenvalue weighted by Gasteiger charge is 2.26. The summed E-state index contributed by atoms with van der Waals surface area (Å²) in [7, 11) is 0. The number of fused-ring (bicyclic) bond motifs is 1. The first-order chi connectivity index (χ1) is 9.49. The molecular formula is C16H20BrNO2. The van der Waals surface area contributed by atoms with Crippen molar-refractivity contribution in [2.24, 2.45) is 5.92 Å². The smallest absolute Gasteiger partial charge is 0.223 e. The Morgan fingerprint density at radius 3 is 2.50 bits per heavy atom. The van der Waals surface area contributed by atoms with Gasteiger partial charge in [0.25, 0.3) is 0 Å². The summed E-state index contributed by atoms with van der Waals surface area (Å²) >= 11 is 3.51. The fourth-order valence-electron chi connectivity index (χ4n) is 2.80. The first-order valence-corrected chi connectivity index (χ1v) is 7.93. The molecule has 0 bridgehead atoms. The van der Waals surface area contributed by atoms with Crippen LogP contribution in [0.2, 0.25) is 0 Å². The van der Waals surface area contributed by atoms with Crippen molar-refractivity contribution in [1.29, 1.82) is 0 Å². The van der Waals surface area contributed by atoms with E-state index >= 15 is 0 Å². The maximum Gasteiger partial charge on any atom is 0.223 e.